The van der Waals surface area contributed by atoms with Crippen molar-refractivity contribution in [2.45, 2.75) is 31.9 Å². The van der Waals surface area contributed by atoms with Gasteiger partial charge in [-0.1, -0.05) is 0 Å². The fraction of sp³-hybridized carbons (Fsp3) is 0.294. The van der Waals surface area contributed by atoms with E-state index in [4.69, 9.17) is 5.73 Å². The normalized spacial score (nSPS) is 16.1. The maximum Gasteiger partial charge on any atom is 0.389 e. The van der Waals surface area contributed by atoms with E-state index in [1.807, 2.05) is 0 Å². The van der Waals surface area contributed by atoms with Crippen LogP contribution in [-0.2, 0) is 16.0 Å². The van der Waals surface area contributed by atoms with Crippen LogP contribution < -0.4 is 11.1 Å². The first-order chi connectivity index (χ1) is 13.7. The van der Waals surface area contributed by atoms with Crippen LogP contribution in [-0.4, -0.2) is 42.6 Å². The summed E-state index contributed by atoms with van der Waals surface area (Å²) >= 11 is 0. The van der Waals surface area contributed by atoms with Crippen molar-refractivity contribution in [3.8, 4) is 11.5 Å². The number of nitrogens with two attached hydrogens (primary N) is 1. The van der Waals surface area contributed by atoms with Crippen LogP contribution in [0.3, 0.4) is 0 Å². The van der Waals surface area contributed by atoms with Crippen LogP contribution in [0.4, 0.5) is 19.0 Å². The van der Waals surface area contributed by atoms with Gasteiger partial charge in [0.05, 0.1) is 11.9 Å². The second kappa shape index (κ2) is 6.50. The van der Waals surface area contributed by atoms with Gasteiger partial charge in [0, 0.05) is 23.9 Å². The number of hydrogen-bond donors (Lipinski definition) is 2. The molecule has 1 aliphatic rings. The second-order valence-electron chi connectivity index (χ2n) is 6.53. The Morgan fingerprint density at radius 2 is 2.07 bits per heavy atom. The Labute approximate surface area is 161 Å². The highest BCUT2D eigenvalue weighted by Gasteiger charge is 2.39. The van der Waals surface area contributed by atoms with E-state index < -0.39 is 30.3 Å². The van der Waals surface area contributed by atoms with Crippen molar-refractivity contribution in [3.05, 3.63) is 35.4 Å². The number of carbonyl (C=O) groups excluding carboxylic acids is 2. The third-order valence-corrected chi connectivity index (χ3v) is 4.54. The van der Waals surface area contributed by atoms with Gasteiger partial charge in [-0.2, -0.15) is 18.3 Å². The van der Waals surface area contributed by atoms with E-state index in [-0.39, 0.29) is 35.1 Å². The standard InChI is InChI=1S/C17H14F3N7O2/c1-7-10-11(13(21)28)16(29)26-14(10)25-15(23-7)12-8-3-2-6-22-27(8)9(24-12)4-5-17(18,19)20/h2-3,6,11H,4-5H2,1H3,(H2,21,28)(H,23,25,26,29). The maximum atomic E-state index is 12.7. The molecule has 3 aromatic rings. The molecule has 4 rings (SSSR count). The molecule has 0 aromatic carbocycles. The summed E-state index contributed by atoms with van der Waals surface area (Å²) in [6.07, 6.45) is -4.33. The summed E-state index contributed by atoms with van der Waals surface area (Å²) in [6.45, 7) is 1.58. The van der Waals surface area contributed by atoms with Crippen molar-refractivity contribution >= 4 is 23.1 Å². The molecule has 12 heteroatoms. The largest absolute Gasteiger partial charge is 0.389 e. The van der Waals surface area contributed by atoms with E-state index in [1.165, 1.54) is 10.7 Å². The molecule has 9 nitrogen and oxygen atoms in total. The number of nitrogens with one attached hydrogen (secondary N) is 1. The summed E-state index contributed by atoms with van der Waals surface area (Å²) < 4.78 is 39.3. The zero-order chi connectivity index (χ0) is 20.9. The Bertz CT molecular complexity index is 1160. The predicted octanol–water partition coefficient (Wildman–Crippen LogP) is 1.51. The Hall–Kier alpha value is -3.57. The summed E-state index contributed by atoms with van der Waals surface area (Å²) in [5.41, 5.74) is 6.56. The highest BCUT2D eigenvalue weighted by Crippen LogP contribution is 2.35. The number of fused-ring (bicyclic) bond motifs is 2. The SMILES string of the molecule is Cc1nc(-c2nc(CCC(F)(F)F)n3ncccc23)nc2c1C(C(N)=O)C(=O)N2. The average Bonchev–Trinajstić information content (AvgIpc) is 3.17. The molecule has 0 saturated heterocycles. The van der Waals surface area contributed by atoms with Crippen molar-refractivity contribution in [1.29, 1.82) is 0 Å². The van der Waals surface area contributed by atoms with E-state index in [2.05, 4.69) is 25.4 Å². The Morgan fingerprint density at radius 1 is 1.31 bits per heavy atom. The molecule has 0 fully saturated rings. The number of aromatic nitrogens is 5. The van der Waals surface area contributed by atoms with E-state index in [0.717, 1.165) is 0 Å². The summed E-state index contributed by atoms with van der Waals surface area (Å²) in [5, 5.41) is 6.56. The zero-order valence-electron chi connectivity index (χ0n) is 15.0. The van der Waals surface area contributed by atoms with E-state index in [9.17, 15) is 22.8 Å². The Kier molecular flexibility index (Phi) is 4.21. The molecule has 4 heterocycles. The summed E-state index contributed by atoms with van der Waals surface area (Å²) in [7, 11) is 0. The number of anilines is 1. The molecule has 1 atom stereocenters. The number of hydrogen-bond acceptors (Lipinski definition) is 6. The number of carbonyl (C=O) groups is 2. The van der Waals surface area contributed by atoms with Crippen LogP contribution in [0.2, 0.25) is 0 Å². The van der Waals surface area contributed by atoms with Crippen LogP contribution in [0.5, 0.6) is 0 Å². The average molecular weight is 405 g/mol. The van der Waals surface area contributed by atoms with Crippen molar-refractivity contribution in [2.24, 2.45) is 5.73 Å². The number of primary amides is 1. The Morgan fingerprint density at radius 3 is 2.76 bits per heavy atom. The molecule has 1 aliphatic heterocycles. The van der Waals surface area contributed by atoms with Crippen LogP contribution in [0.15, 0.2) is 18.3 Å². The van der Waals surface area contributed by atoms with Gasteiger partial charge in [0.2, 0.25) is 11.8 Å². The van der Waals surface area contributed by atoms with Gasteiger partial charge in [0.25, 0.3) is 0 Å². The first-order valence-corrected chi connectivity index (χ1v) is 8.54. The minimum atomic E-state index is -4.34. The topological polar surface area (TPSA) is 128 Å². The summed E-state index contributed by atoms with van der Waals surface area (Å²) in [4.78, 5) is 36.5. The lowest BCUT2D eigenvalue weighted by Crippen LogP contribution is -2.27. The van der Waals surface area contributed by atoms with Gasteiger partial charge in [-0.15, -0.1) is 0 Å². The first-order valence-electron chi connectivity index (χ1n) is 8.54. The van der Waals surface area contributed by atoms with Crippen LogP contribution in [0.25, 0.3) is 17.0 Å². The first kappa shape index (κ1) is 18.8. The predicted molar refractivity (Wildman–Crippen MR) is 93.7 cm³/mol. The van der Waals surface area contributed by atoms with Crippen molar-refractivity contribution < 1.29 is 22.8 Å². The zero-order valence-corrected chi connectivity index (χ0v) is 15.0. The molecule has 2 amide bonds. The number of halogens is 3. The lowest BCUT2D eigenvalue weighted by atomic mass is 10.0. The van der Waals surface area contributed by atoms with Crippen LogP contribution in [0, 0.1) is 6.92 Å². The molecule has 0 bridgehead atoms. The molecular formula is C17H14F3N7O2. The number of imidazole rings is 1. The van der Waals surface area contributed by atoms with Gasteiger partial charge < -0.3 is 11.1 Å². The van der Waals surface area contributed by atoms with Crippen LogP contribution >= 0.6 is 0 Å². The summed E-state index contributed by atoms with van der Waals surface area (Å²) in [5.74, 6) is -2.30. The third-order valence-electron chi connectivity index (χ3n) is 4.54. The quantitative estimate of drug-likeness (QED) is 0.633. The number of amides is 2. The molecule has 0 aliphatic carbocycles. The van der Waals surface area contributed by atoms with E-state index >= 15 is 0 Å². The molecule has 0 saturated carbocycles. The van der Waals surface area contributed by atoms with Gasteiger partial charge in [-0.05, 0) is 19.1 Å². The van der Waals surface area contributed by atoms with Gasteiger partial charge in [0.15, 0.2) is 5.82 Å². The minimum absolute atomic E-state index is 0.0930. The lowest BCUT2D eigenvalue weighted by molar-refractivity contribution is -0.134. The van der Waals surface area contributed by atoms with Crippen molar-refractivity contribution in [3.63, 3.8) is 0 Å². The number of aryl methyl sites for hydroxylation is 2. The number of alkyl halides is 3. The third kappa shape index (κ3) is 3.26. The highest BCUT2D eigenvalue weighted by atomic mass is 19.4. The molecule has 3 aromatic heterocycles. The minimum Gasteiger partial charge on any atom is -0.369 e. The van der Waals surface area contributed by atoms with E-state index in [0.29, 0.717) is 11.2 Å². The molecule has 3 N–H and O–H groups in total. The molecular weight excluding hydrogens is 391 g/mol. The monoisotopic (exact) mass is 405 g/mol. The van der Waals surface area contributed by atoms with Gasteiger partial charge in [-0.3, -0.25) is 9.59 Å². The van der Waals surface area contributed by atoms with Gasteiger partial charge >= 0.3 is 6.18 Å². The van der Waals surface area contributed by atoms with Crippen molar-refractivity contribution in [2.75, 3.05) is 5.32 Å². The number of nitrogens with zero attached hydrogens (tertiary/aromatic N) is 5. The fourth-order valence-corrected chi connectivity index (χ4v) is 3.29. The maximum absolute atomic E-state index is 12.7. The van der Waals surface area contributed by atoms with Gasteiger partial charge in [-0.25, -0.2) is 19.5 Å². The molecule has 29 heavy (non-hydrogen) atoms. The van der Waals surface area contributed by atoms with Gasteiger partial charge in [0.1, 0.15) is 23.3 Å². The fourth-order valence-electron chi connectivity index (χ4n) is 3.29. The van der Waals surface area contributed by atoms with Crippen LogP contribution in [0.1, 0.15) is 29.4 Å². The molecule has 0 spiro atoms. The highest BCUT2D eigenvalue weighted by molar-refractivity contribution is 6.15. The molecule has 0 radical (unpaired) electrons. The smallest absolute Gasteiger partial charge is 0.369 e. The molecule has 150 valence electrons. The van der Waals surface area contributed by atoms with Crippen molar-refractivity contribution in [1.82, 2.24) is 24.6 Å². The summed E-state index contributed by atoms with van der Waals surface area (Å²) in [6, 6.07) is 3.24. The lowest BCUT2D eigenvalue weighted by Gasteiger charge is -2.07. The second-order valence-corrected chi connectivity index (χ2v) is 6.53. The number of rotatable bonds is 4. The van der Waals surface area contributed by atoms with E-state index in [1.54, 1.807) is 19.1 Å². The molecule has 1 unspecified atom stereocenters. The Balaban J connectivity index is 1.82.